The van der Waals surface area contributed by atoms with Gasteiger partial charge in [0.2, 0.25) is 10.0 Å². The summed E-state index contributed by atoms with van der Waals surface area (Å²) in [6.07, 6.45) is 0. The Morgan fingerprint density at radius 1 is 0.897 bits per heavy atom. The topological polar surface area (TPSA) is 70.9 Å². The lowest BCUT2D eigenvalue weighted by molar-refractivity contribution is -0.895. The van der Waals surface area contributed by atoms with Gasteiger partial charge in [-0.3, -0.25) is 4.79 Å². The highest BCUT2D eigenvalue weighted by Crippen LogP contribution is 2.22. The first-order valence-corrected chi connectivity index (χ1v) is 11.1. The van der Waals surface area contributed by atoms with Crippen molar-refractivity contribution in [1.29, 1.82) is 0 Å². The summed E-state index contributed by atoms with van der Waals surface area (Å²) in [5.74, 6) is -0.0595. The van der Waals surface area contributed by atoms with Gasteiger partial charge in [-0.15, -0.1) is 0 Å². The van der Waals surface area contributed by atoms with Gasteiger partial charge in [-0.25, -0.2) is 8.42 Å². The first-order chi connectivity index (χ1) is 14.0. The van der Waals surface area contributed by atoms with Gasteiger partial charge in [0.25, 0.3) is 5.91 Å². The van der Waals surface area contributed by atoms with Crippen LogP contribution in [0.5, 0.6) is 0 Å². The molecule has 0 aromatic heterocycles. The quantitative estimate of drug-likeness (QED) is 0.667. The van der Waals surface area contributed by atoms with Gasteiger partial charge in [-0.2, -0.15) is 4.31 Å². The van der Waals surface area contributed by atoms with E-state index in [1.165, 1.54) is 4.31 Å². The van der Waals surface area contributed by atoms with E-state index in [9.17, 15) is 13.2 Å². The predicted molar refractivity (Wildman–Crippen MR) is 113 cm³/mol. The van der Waals surface area contributed by atoms with Crippen molar-refractivity contribution in [3.8, 4) is 0 Å². The zero-order valence-electron chi connectivity index (χ0n) is 16.0. The fourth-order valence-electron chi connectivity index (χ4n) is 3.72. The molecular formula is C22H24N3O3S+. The molecule has 1 saturated heterocycles. The molecule has 3 aromatic rings. The van der Waals surface area contributed by atoms with Crippen LogP contribution >= 0.6 is 0 Å². The average molecular weight is 411 g/mol. The van der Waals surface area contributed by atoms with Crippen LogP contribution < -0.4 is 10.2 Å². The number of fused-ring (bicyclic) bond motifs is 1. The third kappa shape index (κ3) is 4.32. The molecule has 3 aromatic carbocycles. The van der Waals surface area contributed by atoms with Crippen molar-refractivity contribution >= 4 is 32.4 Å². The maximum Gasteiger partial charge on any atom is 0.279 e. The number of nitrogens with one attached hydrogen (secondary N) is 2. The van der Waals surface area contributed by atoms with E-state index in [-0.39, 0.29) is 5.91 Å². The van der Waals surface area contributed by atoms with Crippen molar-refractivity contribution in [2.24, 2.45) is 0 Å². The van der Waals surface area contributed by atoms with Crippen LogP contribution in [0.1, 0.15) is 0 Å². The molecule has 0 spiro atoms. The SMILES string of the molecule is O=C(C[NH+]1CCN(S(=O)(=O)c2ccccc2)CC1)Nc1cccc2ccccc12. The van der Waals surface area contributed by atoms with Crippen molar-refractivity contribution in [2.75, 3.05) is 38.0 Å². The molecule has 150 valence electrons. The summed E-state index contributed by atoms with van der Waals surface area (Å²) in [4.78, 5) is 14.0. The number of hydrogen-bond acceptors (Lipinski definition) is 3. The molecule has 29 heavy (non-hydrogen) atoms. The van der Waals surface area contributed by atoms with Gasteiger partial charge in [0.15, 0.2) is 6.54 Å². The standard InChI is InChI=1S/C22H23N3O3S/c26-22(23-21-12-6-8-18-7-4-5-11-20(18)21)17-24-13-15-25(16-14-24)29(27,28)19-9-2-1-3-10-19/h1-12H,13-17H2,(H,23,26)/p+1. The van der Waals surface area contributed by atoms with Crippen LogP contribution in [0.4, 0.5) is 5.69 Å². The molecule has 4 rings (SSSR count). The zero-order valence-corrected chi connectivity index (χ0v) is 16.9. The van der Waals surface area contributed by atoms with Gasteiger partial charge >= 0.3 is 0 Å². The summed E-state index contributed by atoms with van der Waals surface area (Å²) in [5.41, 5.74) is 0.804. The van der Waals surface area contributed by atoms with Crippen LogP contribution in [0.25, 0.3) is 10.8 Å². The van der Waals surface area contributed by atoms with Gasteiger partial charge in [0.1, 0.15) is 0 Å². The number of nitrogens with zero attached hydrogens (tertiary/aromatic N) is 1. The Hall–Kier alpha value is -2.74. The van der Waals surface area contributed by atoms with Gasteiger partial charge < -0.3 is 10.2 Å². The molecular weight excluding hydrogens is 386 g/mol. The fraction of sp³-hybridized carbons (Fsp3) is 0.227. The van der Waals surface area contributed by atoms with Gasteiger partial charge in [0.05, 0.1) is 31.1 Å². The van der Waals surface area contributed by atoms with Crippen LogP contribution in [-0.4, -0.2) is 51.4 Å². The van der Waals surface area contributed by atoms with Crippen LogP contribution in [-0.2, 0) is 14.8 Å². The number of piperazine rings is 1. The number of sulfonamides is 1. The number of quaternary nitrogens is 1. The van der Waals surface area contributed by atoms with Gasteiger partial charge in [0, 0.05) is 11.1 Å². The summed E-state index contributed by atoms with van der Waals surface area (Å²) < 4.78 is 26.9. The molecule has 0 bridgehead atoms. The number of carbonyl (C=O) groups is 1. The Morgan fingerprint density at radius 3 is 2.31 bits per heavy atom. The monoisotopic (exact) mass is 410 g/mol. The molecule has 0 atom stereocenters. The average Bonchev–Trinajstić information content (AvgIpc) is 2.75. The Balaban J connectivity index is 1.35. The van der Waals surface area contributed by atoms with Crippen LogP contribution in [0.2, 0.25) is 0 Å². The molecule has 0 aliphatic carbocycles. The van der Waals surface area contributed by atoms with Crippen molar-refractivity contribution in [3.63, 3.8) is 0 Å². The zero-order chi connectivity index (χ0) is 20.3. The third-order valence-electron chi connectivity index (χ3n) is 5.28. The molecule has 1 amide bonds. The lowest BCUT2D eigenvalue weighted by atomic mass is 10.1. The number of hydrogen-bond donors (Lipinski definition) is 2. The second-order valence-corrected chi connectivity index (χ2v) is 9.16. The van der Waals surface area contributed by atoms with E-state index in [0.717, 1.165) is 21.4 Å². The van der Waals surface area contributed by atoms with Crippen LogP contribution in [0, 0.1) is 0 Å². The number of amides is 1. The van der Waals surface area contributed by atoms with E-state index in [1.807, 2.05) is 42.5 Å². The molecule has 0 radical (unpaired) electrons. The minimum Gasteiger partial charge on any atom is -0.325 e. The predicted octanol–water partition coefficient (Wildman–Crippen LogP) is 1.37. The Bertz CT molecular complexity index is 1100. The highest BCUT2D eigenvalue weighted by molar-refractivity contribution is 7.89. The fourth-order valence-corrected chi connectivity index (χ4v) is 5.18. The molecule has 7 heteroatoms. The van der Waals surface area contributed by atoms with Gasteiger partial charge in [-0.05, 0) is 23.6 Å². The number of anilines is 1. The number of rotatable bonds is 5. The maximum atomic E-state index is 12.7. The second kappa shape index (κ2) is 8.32. The van der Waals surface area contributed by atoms with Gasteiger partial charge in [-0.1, -0.05) is 54.6 Å². The maximum absolute atomic E-state index is 12.7. The van der Waals surface area contributed by atoms with Crippen molar-refractivity contribution in [2.45, 2.75) is 4.90 Å². The van der Waals surface area contributed by atoms with Crippen LogP contribution in [0.15, 0.2) is 77.7 Å². The Kier molecular flexibility index (Phi) is 5.62. The first-order valence-electron chi connectivity index (χ1n) is 9.70. The molecule has 1 aliphatic rings. The lowest BCUT2D eigenvalue weighted by Crippen LogP contribution is -3.15. The van der Waals surface area contributed by atoms with E-state index in [4.69, 9.17) is 0 Å². The molecule has 0 saturated carbocycles. The van der Waals surface area contributed by atoms with E-state index in [2.05, 4.69) is 5.32 Å². The molecule has 0 unspecified atom stereocenters. The summed E-state index contributed by atoms with van der Waals surface area (Å²) >= 11 is 0. The first kappa shape index (κ1) is 19.6. The summed E-state index contributed by atoms with van der Waals surface area (Å²) in [5, 5.41) is 5.10. The minimum atomic E-state index is -3.47. The molecule has 6 nitrogen and oxygen atoms in total. The largest absolute Gasteiger partial charge is 0.325 e. The molecule has 2 N–H and O–H groups in total. The number of benzene rings is 3. The Morgan fingerprint density at radius 2 is 1.55 bits per heavy atom. The summed E-state index contributed by atoms with van der Waals surface area (Å²) in [7, 11) is -3.47. The Labute approximate surface area is 170 Å². The summed E-state index contributed by atoms with van der Waals surface area (Å²) in [6.45, 7) is 2.36. The van der Waals surface area contributed by atoms with E-state index < -0.39 is 10.0 Å². The number of carbonyl (C=O) groups excluding carboxylic acids is 1. The lowest BCUT2D eigenvalue weighted by Gasteiger charge is -2.31. The third-order valence-corrected chi connectivity index (χ3v) is 7.20. The van der Waals surface area contributed by atoms with Crippen molar-refractivity contribution in [3.05, 3.63) is 72.8 Å². The van der Waals surface area contributed by atoms with E-state index >= 15 is 0 Å². The highest BCUT2D eigenvalue weighted by Gasteiger charge is 2.31. The minimum absolute atomic E-state index is 0.0595. The van der Waals surface area contributed by atoms with Crippen LogP contribution in [0.3, 0.4) is 0 Å². The van der Waals surface area contributed by atoms with E-state index in [1.54, 1.807) is 30.3 Å². The smallest absolute Gasteiger partial charge is 0.279 e. The molecule has 1 heterocycles. The van der Waals surface area contributed by atoms with Crippen molar-refractivity contribution in [1.82, 2.24) is 4.31 Å². The molecule has 1 aliphatic heterocycles. The normalized spacial score (nSPS) is 16.0. The van der Waals surface area contributed by atoms with Crippen molar-refractivity contribution < 1.29 is 18.1 Å². The van der Waals surface area contributed by atoms with E-state index in [0.29, 0.717) is 37.6 Å². The molecule has 1 fully saturated rings. The summed E-state index contributed by atoms with van der Waals surface area (Å²) in [6, 6.07) is 22.3. The second-order valence-electron chi connectivity index (χ2n) is 7.22. The highest BCUT2D eigenvalue weighted by atomic mass is 32.2.